The Kier molecular flexibility index (Phi) is 5.67. The highest BCUT2D eigenvalue weighted by atomic mass is 19.1. The minimum absolute atomic E-state index is 0.0130. The number of ether oxygens (including phenoxy) is 1. The van der Waals surface area contributed by atoms with E-state index in [0.29, 0.717) is 17.2 Å². The third-order valence-corrected chi connectivity index (χ3v) is 4.40. The minimum atomic E-state index is -1.11. The lowest BCUT2D eigenvalue weighted by Gasteiger charge is -2.13. The van der Waals surface area contributed by atoms with Gasteiger partial charge >= 0.3 is 5.97 Å². The molecule has 0 bridgehead atoms. The summed E-state index contributed by atoms with van der Waals surface area (Å²) in [6.45, 7) is 0.0130. The van der Waals surface area contributed by atoms with Crippen LogP contribution in [-0.2, 0) is 9.53 Å². The lowest BCUT2D eigenvalue weighted by atomic mass is 10.1. The van der Waals surface area contributed by atoms with E-state index < -0.39 is 40.9 Å². The first-order valence-electron chi connectivity index (χ1n) is 8.66. The van der Waals surface area contributed by atoms with Crippen molar-refractivity contribution in [3.05, 3.63) is 64.7 Å². The number of amides is 3. The van der Waals surface area contributed by atoms with E-state index in [1.54, 1.807) is 24.3 Å². The molecule has 9 heteroatoms. The Morgan fingerprint density at radius 1 is 1.03 bits per heavy atom. The SMILES string of the molecule is COC(=O)c1cc(NC(=O)CCCN2C(=O)c3ccccc3C2=O)c(F)cc1F. The van der Waals surface area contributed by atoms with Crippen LogP contribution >= 0.6 is 0 Å². The van der Waals surface area contributed by atoms with Gasteiger partial charge in [-0.05, 0) is 24.6 Å². The van der Waals surface area contributed by atoms with Crippen LogP contribution in [0.15, 0.2) is 36.4 Å². The van der Waals surface area contributed by atoms with E-state index in [0.717, 1.165) is 18.1 Å². The Bertz CT molecular complexity index is 987. The van der Waals surface area contributed by atoms with Crippen molar-refractivity contribution in [2.75, 3.05) is 19.0 Å². The molecule has 0 saturated heterocycles. The van der Waals surface area contributed by atoms with Gasteiger partial charge in [0.2, 0.25) is 5.91 Å². The van der Waals surface area contributed by atoms with Crippen molar-refractivity contribution < 1.29 is 32.7 Å². The highest BCUT2D eigenvalue weighted by Crippen LogP contribution is 2.23. The number of esters is 1. The van der Waals surface area contributed by atoms with Gasteiger partial charge in [0.15, 0.2) is 0 Å². The van der Waals surface area contributed by atoms with Gasteiger partial charge in [0.1, 0.15) is 11.6 Å². The first-order valence-corrected chi connectivity index (χ1v) is 8.66. The number of halogens is 2. The van der Waals surface area contributed by atoms with Crippen molar-refractivity contribution in [1.29, 1.82) is 0 Å². The predicted molar refractivity (Wildman–Crippen MR) is 97.4 cm³/mol. The Hall–Kier alpha value is -3.62. The summed E-state index contributed by atoms with van der Waals surface area (Å²) in [4.78, 5) is 49.1. The van der Waals surface area contributed by atoms with Crippen molar-refractivity contribution in [2.24, 2.45) is 0 Å². The number of carbonyl (C=O) groups is 4. The number of methoxy groups -OCH3 is 1. The molecule has 1 heterocycles. The highest BCUT2D eigenvalue weighted by molar-refractivity contribution is 6.21. The lowest BCUT2D eigenvalue weighted by Crippen LogP contribution is -2.31. The van der Waals surface area contributed by atoms with Gasteiger partial charge in [0, 0.05) is 19.0 Å². The maximum absolute atomic E-state index is 13.9. The molecule has 0 saturated carbocycles. The standard InChI is InChI=1S/C20H16F2N2O5/c1-29-20(28)13-9-16(15(22)10-14(13)21)23-17(25)7-4-8-24-18(26)11-5-2-3-6-12(11)19(24)27/h2-3,5-6,9-10H,4,7-8H2,1H3,(H,23,25). The molecule has 0 unspecified atom stereocenters. The van der Waals surface area contributed by atoms with Crippen LogP contribution in [-0.4, -0.2) is 42.2 Å². The van der Waals surface area contributed by atoms with Gasteiger partial charge < -0.3 is 10.1 Å². The Labute approximate surface area is 164 Å². The second-order valence-corrected chi connectivity index (χ2v) is 6.26. The largest absolute Gasteiger partial charge is 0.465 e. The van der Waals surface area contributed by atoms with Gasteiger partial charge in [-0.2, -0.15) is 0 Å². The molecule has 0 spiro atoms. The van der Waals surface area contributed by atoms with E-state index in [1.165, 1.54) is 0 Å². The average molecular weight is 402 g/mol. The van der Waals surface area contributed by atoms with Crippen molar-refractivity contribution >= 4 is 29.4 Å². The fourth-order valence-electron chi connectivity index (χ4n) is 2.96. The quantitative estimate of drug-likeness (QED) is 0.593. The van der Waals surface area contributed by atoms with Crippen LogP contribution < -0.4 is 5.32 Å². The summed E-state index contributed by atoms with van der Waals surface area (Å²) in [5.74, 6) is -4.66. The molecule has 1 aliphatic rings. The number of benzene rings is 2. The number of hydrogen-bond acceptors (Lipinski definition) is 5. The van der Waals surface area contributed by atoms with Gasteiger partial charge in [-0.15, -0.1) is 0 Å². The molecule has 2 aromatic carbocycles. The summed E-state index contributed by atoms with van der Waals surface area (Å²) in [6.07, 6.45) is 0.0156. The van der Waals surface area contributed by atoms with E-state index in [2.05, 4.69) is 10.1 Å². The first kappa shape index (κ1) is 20.1. The van der Waals surface area contributed by atoms with Crippen LogP contribution in [0.3, 0.4) is 0 Å². The van der Waals surface area contributed by atoms with Crippen molar-refractivity contribution in [1.82, 2.24) is 4.90 Å². The molecule has 150 valence electrons. The number of fused-ring (bicyclic) bond motifs is 1. The molecule has 0 aliphatic carbocycles. The third kappa shape index (κ3) is 3.98. The second-order valence-electron chi connectivity index (χ2n) is 6.26. The van der Waals surface area contributed by atoms with E-state index in [4.69, 9.17) is 0 Å². The first-order chi connectivity index (χ1) is 13.8. The smallest absolute Gasteiger partial charge is 0.340 e. The Morgan fingerprint density at radius 3 is 2.24 bits per heavy atom. The molecule has 1 N–H and O–H groups in total. The van der Waals surface area contributed by atoms with Crippen molar-refractivity contribution in [3.63, 3.8) is 0 Å². The molecule has 7 nitrogen and oxygen atoms in total. The summed E-state index contributed by atoms with van der Waals surface area (Å²) in [7, 11) is 1.04. The van der Waals surface area contributed by atoms with Gasteiger partial charge in [-0.3, -0.25) is 19.3 Å². The van der Waals surface area contributed by atoms with Crippen LogP contribution in [0.1, 0.15) is 43.9 Å². The summed E-state index contributed by atoms with van der Waals surface area (Å²) in [5.41, 5.74) is -0.274. The lowest BCUT2D eigenvalue weighted by molar-refractivity contribution is -0.116. The van der Waals surface area contributed by atoms with E-state index >= 15 is 0 Å². The summed E-state index contributed by atoms with van der Waals surface area (Å²) >= 11 is 0. The fourth-order valence-corrected chi connectivity index (χ4v) is 2.96. The van der Waals surface area contributed by atoms with Gasteiger partial charge in [-0.25, -0.2) is 13.6 Å². The predicted octanol–water partition coefficient (Wildman–Crippen LogP) is 2.77. The summed E-state index contributed by atoms with van der Waals surface area (Å²) in [5, 5.41) is 2.24. The monoisotopic (exact) mass is 402 g/mol. The Morgan fingerprint density at radius 2 is 1.66 bits per heavy atom. The van der Waals surface area contributed by atoms with Crippen molar-refractivity contribution in [3.8, 4) is 0 Å². The van der Waals surface area contributed by atoms with Crippen LogP contribution in [0.4, 0.5) is 14.5 Å². The summed E-state index contributed by atoms with van der Waals surface area (Å²) < 4.78 is 31.9. The molecule has 3 amide bonds. The minimum Gasteiger partial charge on any atom is -0.465 e. The topological polar surface area (TPSA) is 92.8 Å². The number of hydrogen-bond donors (Lipinski definition) is 1. The van der Waals surface area contributed by atoms with E-state index in [-0.39, 0.29) is 25.1 Å². The van der Waals surface area contributed by atoms with Gasteiger partial charge in [0.25, 0.3) is 11.8 Å². The molecule has 2 aromatic rings. The third-order valence-electron chi connectivity index (χ3n) is 4.40. The fraction of sp³-hybridized carbons (Fsp3) is 0.200. The second kappa shape index (κ2) is 8.17. The number of rotatable bonds is 6. The average Bonchev–Trinajstić information content (AvgIpc) is 2.94. The van der Waals surface area contributed by atoms with Crippen molar-refractivity contribution in [2.45, 2.75) is 12.8 Å². The molecule has 0 atom stereocenters. The number of anilines is 1. The normalized spacial score (nSPS) is 12.7. The Balaban J connectivity index is 1.60. The number of nitrogens with zero attached hydrogens (tertiary/aromatic N) is 1. The van der Waals surface area contributed by atoms with E-state index in [9.17, 15) is 28.0 Å². The summed E-state index contributed by atoms with van der Waals surface area (Å²) in [6, 6.07) is 7.73. The van der Waals surface area contributed by atoms with Crippen LogP contribution in [0.25, 0.3) is 0 Å². The molecule has 3 rings (SSSR count). The number of carbonyl (C=O) groups excluding carboxylic acids is 4. The highest BCUT2D eigenvalue weighted by Gasteiger charge is 2.34. The number of nitrogens with one attached hydrogen (secondary N) is 1. The van der Waals surface area contributed by atoms with Gasteiger partial charge in [-0.1, -0.05) is 12.1 Å². The van der Waals surface area contributed by atoms with Gasteiger partial charge in [0.05, 0.1) is 29.5 Å². The molecular weight excluding hydrogens is 386 g/mol. The maximum Gasteiger partial charge on any atom is 0.340 e. The molecule has 29 heavy (non-hydrogen) atoms. The zero-order chi connectivity index (χ0) is 21.1. The van der Waals surface area contributed by atoms with Crippen LogP contribution in [0.5, 0.6) is 0 Å². The number of imide groups is 1. The van der Waals surface area contributed by atoms with E-state index in [1.807, 2.05) is 0 Å². The molecular formula is C20H16F2N2O5. The molecule has 0 fully saturated rings. The molecule has 0 radical (unpaired) electrons. The zero-order valence-corrected chi connectivity index (χ0v) is 15.3. The maximum atomic E-state index is 13.9. The molecule has 1 aliphatic heterocycles. The zero-order valence-electron chi connectivity index (χ0n) is 15.3. The van der Waals surface area contributed by atoms with Crippen LogP contribution in [0, 0.1) is 11.6 Å². The molecule has 0 aromatic heterocycles. The van der Waals surface area contributed by atoms with Crippen LogP contribution in [0.2, 0.25) is 0 Å².